The van der Waals surface area contributed by atoms with Gasteiger partial charge in [-0.15, -0.1) is 5.10 Å². The van der Waals surface area contributed by atoms with E-state index in [2.05, 4.69) is 30.4 Å². The van der Waals surface area contributed by atoms with Crippen LogP contribution >= 0.6 is 0 Å². The van der Waals surface area contributed by atoms with Gasteiger partial charge in [-0.05, 0) is 42.3 Å². The van der Waals surface area contributed by atoms with Crippen LogP contribution in [0.25, 0.3) is 11.9 Å². The summed E-state index contributed by atoms with van der Waals surface area (Å²) in [6.07, 6.45) is 7.47. The molecular weight excluding hydrogens is 560 g/mol. The van der Waals surface area contributed by atoms with Crippen molar-refractivity contribution < 1.29 is 18.3 Å². The van der Waals surface area contributed by atoms with Gasteiger partial charge in [-0.2, -0.15) is 9.67 Å². The summed E-state index contributed by atoms with van der Waals surface area (Å²) in [5, 5.41) is 7.45. The molecule has 0 unspecified atom stereocenters. The number of ketones is 1. The number of nitrogens with two attached hydrogens (primary N) is 1. The molecule has 43 heavy (non-hydrogen) atoms. The van der Waals surface area contributed by atoms with Crippen LogP contribution in [0.5, 0.6) is 5.75 Å². The molecule has 218 valence electrons. The molecule has 5 aromatic rings. The summed E-state index contributed by atoms with van der Waals surface area (Å²) < 4.78 is 34.6. The molecule has 0 spiro atoms. The maximum atomic E-state index is 13.6. The van der Waals surface area contributed by atoms with Gasteiger partial charge < -0.3 is 15.8 Å². The number of halogens is 2. The van der Waals surface area contributed by atoms with Crippen LogP contribution in [-0.2, 0) is 6.54 Å². The predicted molar refractivity (Wildman–Crippen MR) is 154 cm³/mol. The van der Waals surface area contributed by atoms with E-state index in [0.29, 0.717) is 17.1 Å². The number of nitrogen functional groups attached to an aromatic ring is 1. The van der Waals surface area contributed by atoms with Crippen LogP contribution in [0, 0.1) is 11.6 Å². The first kappa shape index (κ1) is 28.7. The van der Waals surface area contributed by atoms with Gasteiger partial charge in [0.1, 0.15) is 5.56 Å². The van der Waals surface area contributed by atoms with Gasteiger partial charge in [0.2, 0.25) is 17.7 Å². The minimum atomic E-state index is -1.03. The van der Waals surface area contributed by atoms with Crippen molar-refractivity contribution in [2.75, 3.05) is 18.2 Å². The number of allylic oxidation sites excluding steroid dienone is 1. The van der Waals surface area contributed by atoms with E-state index in [1.165, 1.54) is 41.1 Å². The van der Waals surface area contributed by atoms with Crippen molar-refractivity contribution in [3.8, 4) is 11.6 Å². The molecule has 0 aliphatic heterocycles. The molecule has 0 fully saturated rings. The number of anilines is 3. The molecule has 3 N–H and O–H groups in total. The van der Waals surface area contributed by atoms with Gasteiger partial charge in [0.25, 0.3) is 5.56 Å². The number of nitrogens with one attached hydrogen (secondary N) is 1. The molecule has 0 bridgehead atoms. The molecule has 0 radical (unpaired) electrons. The molecule has 0 aliphatic rings. The standard InChI is InChI=1S/C29H25F2N9O3/c1-43-24-15-34-25(36-26(24)40-28(32)37-29(38-40)35-19-7-3-2-4-8-19)10-6-5-9-23(41)20-14-33-17-39(27(20)42)16-18-11-12-21(30)22(31)13-18/h2-4,6-8,10-15,17H,5,9,16H2,1H3,(H3,32,35,37,38)/b10-6+. The van der Waals surface area contributed by atoms with Crippen LogP contribution in [0.2, 0.25) is 0 Å². The topological polar surface area (TPSA) is 156 Å². The van der Waals surface area contributed by atoms with Gasteiger partial charge in [0.05, 0.1) is 26.2 Å². The van der Waals surface area contributed by atoms with E-state index >= 15 is 0 Å². The first-order valence-electron chi connectivity index (χ1n) is 13.0. The minimum Gasteiger partial charge on any atom is -0.491 e. The summed E-state index contributed by atoms with van der Waals surface area (Å²) in [4.78, 5) is 42.6. The number of ether oxygens (including phenoxy) is 1. The number of methoxy groups -OCH3 is 1. The number of para-hydroxylation sites is 1. The van der Waals surface area contributed by atoms with Crippen LogP contribution in [-0.4, -0.2) is 47.2 Å². The van der Waals surface area contributed by atoms with Crippen LogP contribution in [0.1, 0.15) is 34.6 Å². The number of hydrogen-bond acceptors (Lipinski definition) is 10. The van der Waals surface area contributed by atoms with Crippen molar-refractivity contribution in [1.29, 1.82) is 0 Å². The highest BCUT2D eigenvalue weighted by atomic mass is 19.2. The summed E-state index contributed by atoms with van der Waals surface area (Å²) in [6, 6.07) is 12.7. The monoisotopic (exact) mass is 585 g/mol. The van der Waals surface area contributed by atoms with Crippen LogP contribution in [0.4, 0.5) is 26.4 Å². The van der Waals surface area contributed by atoms with Crippen molar-refractivity contribution in [2.45, 2.75) is 19.4 Å². The second kappa shape index (κ2) is 12.8. The van der Waals surface area contributed by atoms with E-state index in [0.717, 1.165) is 17.8 Å². The Kier molecular flexibility index (Phi) is 8.55. The molecule has 0 saturated heterocycles. The lowest BCUT2D eigenvalue weighted by Gasteiger charge is -2.08. The highest BCUT2D eigenvalue weighted by molar-refractivity contribution is 5.95. The summed E-state index contributed by atoms with van der Waals surface area (Å²) in [6.45, 7) is -0.0682. The third-order valence-electron chi connectivity index (χ3n) is 6.18. The van der Waals surface area contributed by atoms with E-state index < -0.39 is 23.0 Å². The number of nitrogens with zero attached hydrogens (tertiary/aromatic N) is 7. The Balaban J connectivity index is 1.26. The van der Waals surface area contributed by atoms with Gasteiger partial charge in [-0.1, -0.05) is 30.3 Å². The zero-order valence-corrected chi connectivity index (χ0v) is 22.8. The van der Waals surface area contributed by atoms with E-state index in [9.17, 15) is 18.4 Å². The average molecular weight is 586 g/mol. The second-order valence-corrected chi connectivity index (χ2v) is 9.17. The fourth-order valence-electron chi connectivity index (χ4n) is 4.06. The van der Waals surface area contributed by atoms with Crippen molar-refractivity contribution in [2.24, 2.45) is 0 Å². The Labute approximate surface area is 243 Å². The van der Waals surface area contributed by atoms with Crippen LogP contribution < -0.4 is 21.3 Å². The summed E-state index contributed by atoms with van der Waals surface area (Å²) in [5.74, 6) is -1.24. The maximum absolute atomic E-state index is 13.6. The van der Waals surface area contributed by atoms with Gasteiger partial charge in [0.15, 0.2) is 29.0 Å². The number of Topliss-reactive ketones (excluding diaryl/α,β-unsaturated/α-hetero) is 1. The second-order valence-electron chi connectivity index (χ2n) is 9.17. The lowest BCUT2D eigenvalue weighted by atomic mass is 10.1. The molecular formula is C29H25F2N9O3. The van der Waals surface area contributed by atoms with Crippen molar-refractivity contribution in [3.63, 3.8) is 0 Å². The van der Waals surface area contributed by atoms with Gasteiger partial charge in [-0.3, -0.25) is 14.2 Å². The van der Waals surface area contributed by atoms with Crippen LogP contribution in [0.15, 0.2) is 78.1 Å². The predicted octanol–water partition coefficient (Wildman–Crippen LogP) is 3.95. The lowest BCUT2D eigenvalue weighted by molar-refractivity contribution is 0.0981. The normalized spacial score (nSPS) is 11.1. The van der Waals surface area contributed by atoms with E-state index in [1.807, 2.05) is 30.3 Å². The molecule has 3 heterocycles. The molecule has 12 nitrogen and oxygen atoms in total. The zero-order valence-electron chi connectivity index (χ0n) is 22.8. The first-order valence-corrected chi connectivity index (χ1v) is 13.0. The Morgan fingerprint density at radius 3 is 2.67 bits per heavy atom. The molecule has 0 amide bonds. The molecule has 0 atom stereocenters. The maximum Gasteiger partial charge on any atom is 0.264 e. The number of rotatable bonds is 11. The Hall–Kier alpha value is -5.79. The van der Waals surface area contributed by atoms with E-state index in [-0.39, 0.29) is 42.7 Å². The highest BCUT2D eigenvalue weighted by Crippen LogP contribution is 2.23. The van der Waals surface area contributed by atoms with Crippen LogP contribution in [0.3, 0.4) is 0 Å². The smallest absolute Gasteiger partial charge is 0.264 e. The molecule has 2 aromatic carbocycles. The fourth-order valence-corrected chi connectivity index (χ4v) is 4.06. The largest absolute Gasteiger partial charge is 0.491 e. The minimum absolute atomic E-state index is 0.0101. The molecule has 0 aliphatic carbocycles. The Bertz CT molecular complexity index is 1860. The summed E-state index contributed by atoms with van der Waals surface area (Å²) in [5.41, 5.74) is 6.55. The Morgan fingerprint density at radius 2 is 1.91 bits per heavy atom. The van der Waals surface area contributed by atoms with E-state index in [4.69, 9.17) is 10.5 Å². The molecule has 5 rings (SSSR count). The summed E-state index contributed by atoms with van der Waals surface area (Å²) in [7, 11) is 1.46. The Morgan fingerprint density at radius 1 is 1.09 bits per heavy atom. The number of carbonyl (C=O) groups excluding carboxylic acids is 1. The van der Waals surface area contributed by atoms with E-state index in [1.54, 1.807) is 12.2 Å². The molecule has 3 aromatic heterocycles. The third kappa shape index (κ3) is 6.75. The summed E-state index contributed by atoms with van der Waals surface area (Å²) >= 11 is 0. The highest BCUT2D eigenvalue weighted by Gasteiger charge is 2.17. The lowest BCUT2D eigenvalue weighted by Crippen LogP contribution is -2.27. The van der Waals surface area contributed by atoms with Gasteiger partial charge in [-0.25, -0.2) is 23.7 Å². The number of carbonyl (C=O) groups is 1. The quantitative estimate of drug-likeness (QED) is 0.218. The molecule has 0 saturated carbocycles. The number of aromatic nitrogens is 7. The fraction of sp³-hybridized carbons (Fsp3) is 0.138. The average Bonchev–Trinajstić information content (AvgIpc) is 3.37. The molecule has 14 heteroatoms. The van der Waals surface area contributed by atoms with Gasteiger partial charge >= 0.3 is 0 Å². The van der Waals surface area contributed by atoms with Gasteiger partial charge in [0, 0.05) is 18.3 Å². The van der Waals surface area contributed by atoms with Crippen molar-refractivity contribution >= 4 is 29.4 Å². The zero-order chi connectivity index (χ0) is 30.3. The number of benzene rings is 2. The van der Waals surface area contributed by atoms with Crippen molar-refractivity contribution in [1.82, 2.24) is 34.3 Å². The number of hydrogen-bond donors (Lipinski definition) is 2. The third-order valence-corrected chi connectivity index (χ3v) is 6.18. The SMILES string of the molecule is COc1cnc(/C=C/CCC(=O)c2cncn(Cc3ccc(F)c(F)c3)c2=O)nc1-n1nc(Nc2ccccc2)nc1N. The first-order chi connectivity index (χ1) is 20.8. The van der Waals surface area contributed by atoms with Crippen molar-refractivity contribution in [3.05, 3.63) is 112 Å².